The molecule has 1 amide bonds. The van der Waals surface area contributed by atoms with Crippen molar-refractivity contribution in [3.8, 4) is 0 Å². The van der Waals surface area contributed by atoms with E-state index >= 15 is 0 Å². The average Bonchev–Trinajstić information content (AvgIpc) is 2.98. The number of halogens is 1. The van der Waals surface area contributed by atoms with Crippen LogP contribution in [-0.2, 0) is 12.8 Å². The van der Waals surface area contributed by atoms with Gasteiger partial charge in [0.15, 0.2) is 5.76 Å². The molecule has 5 nitrogen and oxygen atoms in total. The first kappa shape index (κ1) is 15.8. The Balaban J connectivity index is 1.98. The van der Waals surface area contributed by atoms with Crippen molar-refractivity contribution in [2.24, 2.45) is 0 Å². The summed E-state index contributed by atoms with van der Waals surface area (Å²) < 4.78 is 6.47. The molecule has 1 aliphatic heterocycles. The summed E-state index contributed by atoms with van der Waals surface area (Å²) in [5.74, 6) is -0.966. The molecule has 0 radical (unpaired) electrons. The van der Waals surface area contributed by atoms with E-state index in [2.05, 4.69) is 15.9 Å². The third-order valence-corrected chi connectivity index (χ3v) is 4.47. The summed E-state index contributed by atoms with van der Waals surface area (Å²) in [6.07, 6.45) is 2.21. The lowest BCUT2D eigenvalue weighted by atomic mass is 10.0. The van der Waals surface area contributed by atoms with Gasteiger partial charge in [0.1, 0.15) is 11.3 Å². The van der Waals surface area contributed by atoms with Crippen molar-refractivity contribution in [1.82, 2.24) is 0 Å². The van der Waals surface area contributed by atoms with Gasteiger partial charge in [0, 0.05) is 29.2 Å². The van der Waals surface area contributed by atoms with Crippen LogP contribution >= 0.6 is 15.9 Å². The third kappa shape index (κ3) is 2.91. The number of aromatic carboxylic acids is 1. The summed E-state index contributed by atoms with van der Waals surface area (Å²) in [6, 6.07) is 7.14. The zero-order valence-corrected chi connectivity index (χ0v) is 14.2. The molecule has 0 atom stereocenters. The molecule has 0 spiro atoms. The number of nitrogens with zero attached hydrogens (tertiary/aromatic N) is 1. The van der Waals surface area contributed by atoms with Crippen LogP contribution in [0.15, 0.2) is 33.2 Å². The average molecular weight is 378 g/mol. The zero-order chi connectivity index (χ0) is 16.6. The van der Waals surface area contributed by atoms with Crippen molar-refractivity contribution in [2.75, 3.05) is 11.4 Å². The van der Waals surface area contributed by atoms with Gasteiger partial charge < -0.3 is 14.4 Å². The number of carbonyl (C=O) groups is 2. The molecule has 0 saturated heterocycles. The first-order valence-electron chi connectivity index (χ1n) is 7.47. The van der Waals surface area contributed by atoms with Crippen LogP contribution in [0.3, 0.4) is 0 Å². The molecule has 1 N–H and O–H groups in total. The topological polar surface area (TPSA) is 70.8 Å². The van der Waals surface area contributed by atoms with Crippen LogP contribution in [-0.4, -0.2) is 23.5 Å². The third-order valence-electron chi connectivity index (χ3n) is 3.98. The van der Waals surface area contributed by atoms with Crippen molar-refractivity contribution >= 4 is 33.5 Å². The number of rotatable bonds is 3. The van der Waals surface area contributed by atoms with Crippen LogP contribution in [0.2, 0.25) is 0 Å². The Hall–Kier alpha value is -2.08. The van der Waals surface area contributed by atoms with Crippen LogP contribution < -0.4 is 4.90 Å². The van der Waals surface area contributed by atoms with Crippen LogP contribution in [0.4, 0.5) is 5.69 Å². The highest BCUT2D eigenvalue weighted by molar-refractivity contribution is 9.10. The lowest BCUT2D eigenvalue weighted by Crippen LogP contribution is -2.35. The van der Waals surface area contributed by atoms with E-state index in [0.717, 1.165) is 28.6 Å². The number of furan rings is 1. The second-order valence-electron chi connectivity index (χ2n) is 5.44. The number of fused-ring (bicyclic) bond motifs is 1. The number of benzene rings is 1. The maximum atomic E-state index is 12.8. The maximum Gasteiger partial charge on any atom is 0.339 e. The minimum atomic E-state index is -1.08. The van der Waals surface area contributed by atoms with Gasteiger partial charge in [-0.1, -0.05) is 22.9 Å². The first-order chi connectivity index (χ1) is 11.0. The molecule has 1 aromatic heterocycles. The van der Waals surface area contributed by atoms with Gasteiger partial charge in [0.2, 0.25) is 0 Å². The molecule has 0 bridgehead atoms. The number of amides is 1. The van der Waals surface area contributed by atoms with Gasteiger partial charge in [-0.05, 0) is 36.6 Å². The van der Waals surface area contributed by atoms with E-state index in [4.69, 9.17) is 4.42 Å². The Morgan fingerprint density at radius 1 is 1.35 bits per heavy atom. The van der Waals surface area contributed by atoms with Crippen molar-refractivity contribution in [2.45, 2.75) is 26.2 Å². The number of hydrogen-bond acceptors (Lipinski definition) is 3. The molecule has 2 heterocycles. The summed E-state index contributed by atoms with van der Waals surface area (Å²) in [5.41, 5.74) is 2.01. The van der Waals surface area contributed by atoms with Crippen molar-refractivity contribution in [3.63, 3.8) is 0 Å². The van der Waals surface area contributed by atoms with Gasteiger partial charge in [-0.3, -0.25) is 4.79 Å². The molecule has 23 heavy (non-hydrogen) atoms. The van der Waals surface area contributed by atoms with E-state index in [0.29, 0.717) is 18.7 Å². The monoisotopic (exact) mass is 377 g/mol. The lowest BCUT2D eigenvalue weighted by Gasteiger charge is -2.29. The van der Waals surface area contributed by atoms with E-state index in [-0.39, 0.29) is 17.2 Å². The Morgan fingerprint density at radius 3 is 2.78 bits per heavy atom. The second-order valence-corrected chi connectivity index (χ2v) is 6.36. The summed E-state index contributed by atoms with van der Waals surface area (Å²) in [7, 11) is 0. The minimum absolute atomic E-state index is 0.0592. The van der Waals surface area contributed by atoms with Crippen LogP contribution in [0.5, 0.6) is 0 Å². The minimum Gasteiger partial charge on any atom is -0.478 e. The molecule has 0 aliphatic carbocycles. The summed E-state index contributed by atoms with van der Waals surface area (Å²) in [4.78, 5) is 25.7. The van der Waals surface area contributed by atoms with Crippen molar-refractivity contribution in [3.05, 3.63) is 51.4 Å². The molecule has 3 rings (SSSR count). The van der Waals surface area contributed by atoms with E-state index in [9.17, 15) is 14.7 Å². The summed E-state index contributed by atoms with van der Waals surface area (Å²) in [6.45, 7) is 2.39. The van der Waals surface area contributed by atoms with Gasteiger partial charge in [-0.2, -0.15) is 0 Å². The Kier molecular flexibility index (Phi) is 4.26. The second kappa shape index (κ2) is 6.20. The van der Waals surface area contributed by atoms with Crippen LogP contribution in [0.1, 0.15) is 45.6 Å². The number of hydrogen-bond donors (Lipinski definition) is 1. The standard InChI is InChI=1S/C17H16BrNO4/c1-2-14-12(17(21)22)9-15(23-14)16(20)19-7-3-4-10-8-11(18)5-6-13(10)19/h5-6,8-9H,2-4,7H2,1H3,(H,21,22). The van der Waals surface area contributed by atoms with Gasteiger partial charge >= 0.3 is 5.97 Å². The summed E-state index contributed by atoms with van der Waals surface area (Å²) in [5, 5.41) is 9.20. The SMILES string of the molecule is CCc1oc(C(=O)N2CCCc3cc(Br)ccc32)cc1C(=O)O. The molecule has 120 valence electrons. The Morgan fingerprint density at radius 2 is 2.13 bits per heavy atom. The van der Waals surface area contributed by atoms with Crippen molar-refractivity contribution in [1.29, 1.82) is 0 Å². The lowest BCUT2D eigenvalue weighted by molar-refractivity contribution is 0.0694. The fourth-order valence-corrected chi connectivity index (χ4v) is 3.30. The molecule has 0 unspecified atom stereocenters. The highest BCUT2D eigenvalue weighted by atomic mass is 79.9. The predicted molar refractivity (Wildman–Crippen MR) is 89.2 cm³/mol. The van der Waals surface area contributed by atoms with Crippen LogP contribution in [0.25, 0.3) is 0 Å². The van der Waals surface area contributed by atoms with Gasteiger partial charge in [0.25, 0.3) is 5.91 Å². The molecular formula is C17H16BrNO4. The number of carboxylic acid groups (broad SMARTS) is 1. The number of carbonyl (C=O) groups excluding carboxylic acids is 1. The number of carboxylic acids is 1. The fourth-order valence-electron chi connectivity index (χ4n) is 2.89. The van der Waals surface area contributed by atoms with Crippen molar-refractivity contribution < 1.29 is 19.1 Å². The quantitative estimate of drug-likeness (QED) is 0.880. The normalized spacial score (nSPS) is 13.7. The Bertz CT molecular complexity index is 781. The van der Waals surface area contributed by atoms with E-state index in [1.165, 1.54) is 6.07 Å². The molecule has 6 heteroatoms. The molecule has 1 aliphatic rings. The number of aryl methyl sites for hydroxylation is 2. The highest BCUT2D eigenvalue weighted by Crippen LogP contribution is 2.31. The van der Waals surface area contributed by atoms with E-state index in [1.807, 2.05) is 18.2 Å². The Labute approximate surface area is 142 Å². The molecule has 0 saturated carbocycles. The van der Waals surface area contributed by atoms with E-state index < -0.39 is 5.97 Å². The van der Waals surface area contributed by atoms with Gasteiger partial charge in [-0.25, -0.2) is 4.79 Å². The molecule has 0 fully saturated rings. The first-order valence-corrected chi connectivity index (χ1v) is 8.27. The molecular weight excluding hydrogens is 362 g/mol. The van der Waals surface area contributed by atoms with E-state index in [1.54, 1.807) is 11.8 Å². The zero-order valence-electron chi connectivity index (χ0n) is 12.6. The number of anilines is 1. The molecule has 2 aromatic rings. The summed E-state index contributed by atoms with van der Waals surface area (Å²) >= 11 is 3.44. The highest BCUT2D eigenvalue weighted by Gasteiger charge is 2.28. The van der Waals surface area contributed by atoms with Gasteiger partial charge in [0.05, 0.1) is 0 Å². The maximum absolute atomic E-state index is 12.8. The van der Waals surface area contributed by atoms with Crippen LogP contribution in [0, 0.1) is 0 Å². The molecule has 1 aromatic carbocycles. The van der Waals surface area contributed by atoms with Gasteiger partial charge in [-0.15, -0.1) is 0 Å². The smallest absolute Gasteiger partial charge is 0.339 e. The fraction of sp³-hybridized carbons (Fsp3) is 0.294. The largest absolute Gasteiger partial charge is 0.478 e. The predicted octanol–water partition coefficient (Wildman–Crippen LogP) is 3.90.